The summed E-state index contributed by atoms with van der Waals surface area (Å²) in [6, 6.07) is 17.9. The molecule has 0 radical (unpaired) electrons. The zero-order chi connectivity index (χ0) is 20.2. The van der Waals surface area contributed by atoms with Gasteiger partial charge in [-0.25, -0.2) is 0 Å². The van der Waals surface area contributed by atoms with E-state index in [1.807, 2.05) is 79.3 Å². The molecule has 1 N–H and O–H groups in total. The van der Waals surface area contributed by atoms with Gasteiger partial charge in [0.2, 0.25) is 0 Å². The zero-order valence-electron chi connectivity index (χ0n) is 16.5. The van der Waals surface area contributed by atoms with Crippen LogP contribution < -0.4 is 10.1 Å². The minimum atomic E-state index is -0.113. The van der Waals surface area contributed by atoms with E-state index in [0.29, 0.717) is 12.1 Å². The Kier molecular flexibility index (Phi) is 5.29. The van der Waals surface area contributed by atoms with E-state index < -0.39 is 0 Å². The first-order chi connectivity index (χ1) is 14.1. The lowest BCUT2D eigenvalue weighted by Gasteiger charge is -2.10. The molecule has 2 heterocycles. The van der Waals surface area contributed by atoms with Gasteiger partial charge in [-0.05, 0) is 61.4 Å². The van der Waals surface area contributed by atoms with Gasteiger partial charge in [-0.2, -0.15) is 5.10 Å². The number of hydrogen-bond donors (Lipinski definition) is 1. The van der Waals surface area contributed by atoms with Crippen molar-refractivity contribution in [3.63, 3.8) is 0 Å². The van der Waals surface area contributed by atoms with Crippen LogP contribution in [0.2, 0.25) is 0 Å². The third-order valence-electron chi connectivity index (χ3n) is 4.51. The highest BCUT2D eigenvalue weighted by molar-refractivity contribution is 6.10. The minimum Gasteiger partial charge on any atom is -0.491 e. The van der Waals surface area contributed by atoms with Crippen LogP contribution in [0.25, 0.3) is 11.8 Å². The monoisotopic (exact) mass is 385 g/mol. The second kappa shape index (κ2) is 8.19. The van der Waals surface area contributed by atoms with Crippen LogP contribution in [0.5, 0.6) is 5.75 Å². The number of nitrogens with one attached hydrogen (secondary N) is 1. The summed E-state index contributed by atoms with van der Waals surface area (Å²) >= 11 is 0. The average molecular weight is 385 g/mol. The molecule has 0 saturated heterocycles. The summed E-state index contributed by atoms with van der Waals surface area (Å²) in [7, 11) is 0. The topological polar surface area (TPSA) is 56.2 Å². The fraction of sp³-hybridized carbons (Fsp3) is 0.167. The number of amides is 1. The maximum atomic E-state index is 12.4. The second-order valence-corrected chi connectivity index (χ2v) is 7.26. The highest BCUT2D eigenvalue weighted by Gasteiger charge is 2.19. The molecule has 0 atom stereocenters. The van der Waals surface area contributed by atoms with Gasteiger partial charge in [0.25, 0.3) is 5.91 Å². The highest BCUT2D eigenvalue weighted by Crippen LogP contribution is 2.24. The molecule has 2 aromatic carbocycles. The third-order valence-corrected chi connectivity index (χ3v) is 4.51. The lowest BCUT2D eigenvalue weighted by Crippen LogP contribution is -2.15. The largest absolute Gasteiger partial charge is 0.491 e. The number of benzene rings is 2. The van der Waals surface area contributed by atoms with Gasteiger partial charge in [-0.15, -0.1) is 0 Å². The lowest BCUT2D eigenvalue weighted by molar-refractivity contribution is -0.115. The summed E-state index contributed by atoms with van der Waals surface area (Å²) < 4.78 is 7.54. The molecule has 0 aliphatic carbocycles. The van der Waals surface area contributed by atoms with Gasteiger partial charge in [-0.1, -0.05) is 30.3 Å². The van der Waals surface area contributed by atoms with E-state index in [9.17, 15) is 4.79 Å². The van der Waals surface area contributed by atoms with Crippen molar-refractivity contribution in [1.29, 1.82) is 0 Å². The molecule has 1 aromatic heterocycles. The van der Waals surface area contributed by atoms with Gasteiger partial charge < -0.3 is 10.1 Å². The third kappa shape index (κ3) is 4.63. The molecule has 0 saturated carbocycles. The molecule has 1 aliphatic heterocycles. The molecular formula is C24H23N3O2. The Morgan fingerprint density at radius 2 is 1.86 bits per heavy atom. The van der Waals surface area contributed by atoms with Crippen LogP contribution in [-0.4, -0.2) is 21.8 Å². The SMILES string of the molecule is CC(C)Oc1ccc(C2=CC(=Cc3cnn(Cc4ccccc4)c3)C(=O)N2)cc1. The number of carbonyl (C=O) groups excluding carboxylic acids is 1. The Balaban J connectivity index is 1.49. The van der Waals surface area contributed by atoms with Crippen molar-refractivity contribution >= 4 is 17.7 Å². The van der Waals surface area contributed by atoms with Crippen molar-refractivity contribution in [3.8, 4) is 5.75 Å². The fourth-order valence-electron chi connectivity index (χ4n) is 3.19. The Morgan fingerprint density at radius 1 is 1.10 bits per heavy atom. The predicted octanol–water partition coefficient (Wildman–Crippen LogP) is 4.27. The van der Waals surface area contributed by atoms with Crippen molar-refractivity contribution in [3.05, 3.63) is 95.3 Å². The number of hydrogen-bond acceptors (Lipinski definition) is 3. The Hall–Kier alpha value is -3.60. The van der Waals surface area contributed by atoms with Gasteiger partial charge in [0.15, 0.2) is 0 Å². The summed E-state index contributed by atoms with van der Waals surface area (Å²) in [5, 5.41) is 7.33. The minimum absolute atomic E-state index is 0.113. The highest BCUT2D eigenvalue weighted by atomic mass is 16.5. The predicted molar refractivity (Wildman–Crippen MR) is 114 cm³/mol. The van der Waals surface area contributed by atoms with Gasteiger partial charge in [0.05, 0.1) is 18.8 Å². The molecule has 146 valence electrons. The van der Waals surface area contributed by atoms with E-state index in [1.165, 1.54) is 5.56 Å². The molecule has 29 heavy (non-hydrogen) atoms. The molecule has 0 fully saturated rings. The van der Waals surface area contributed by atoms with Crippen molar-refractivity contribution in [2.24, 2.45) is 0 Å². The van der Waals surface area contributed by atoms with Crippen molar-refractivity contribution in [2.75, 3.05) is 0 Å². The molecule has 0 spiro atoms. The molecule has 0 unspecified atom stereocenters. The van der Waals surface area contributed by atoms with Crippen LogP contribution in [0, 0.1) is 0 Å². The Morgan fingerprint density at radius 3 is 2.59 bits per heavy atom. The van der Waals surface area contributed by atoms with E-state index in [2.05, 4.69) is 22.5 Å². The summed E-state index contributed by atoms with van der Waals surface area (Å²) in [5.41, 5.74) is 4.41. The van der Waals surface area contributed by atoms with E-state index in [0.717, 1.165) is 22.6 Å². The molecule has 5 heteroatoms. The number of aromatic nitrogens is 2. The molecular weight excluding hydrogens is 362 g/mol. The van der Waals surface area contributed by atoms with Crippen LogP contribution in [0.1, 0.15) is 30.5 Å². The summed E-state index contributed by atoms with van der Waals surface area (Å²) in [4.78, 5) is 12.4. The number of rotatable bonds is 6. The molecule has 1 amide bonds. The average Bonchev–Trinajstić information content (AvgIpc) is 3.29. The fourth-order valence-corrected chi connectivity index (χ4v) is 3.19. The maximum Gasteiger partial charge on any atom is 0.255 e. The van der Waals surface area contributed by atoms with Crippen LogP contribution in [0.4, 0.5) is 0 Å². The van der Waals surface area contributed by atoms with Crippen molar-refractivity contribution < 1.29 is 9.53 Å². The molecule has 5 nitrogen and oxygen atoms in total. The van der Waals surface area contributed by atoms with Crippen LogP contribution in [-0.2, 0) is 11.3 Å². The van der Waals surface area contributed by atoms with Crippen molar-refractivity contribution in [1.82, 2.24) is 15.1 Å². The summed E-state index contributed by atoms with van der Waals surface area (Å²) in [6.45, 7) is 4.68. The van der Waals surface area contributed by atoms with Crippen LogP contribution in [0.3, 0.4) is 0 Å². The summed E-state index contributed by atoms with van der Waals surface area (Å²) in [6.07, 6.45) is 7.57. The normalized spacial score (nSPS) is 14.9. The van der Waals surface area contributed by atoms with E-state index in [1.54, 1.807) is 6.20 Å². The van der Waals surface area contributed by atoms with Crippen molar-refractivity contribution in [2.45, 2.75) is 26.5 Å². The number of carbonyl (C=O) groups is 1. The summed E-state index contributed by atoms with van der Waals surface area (Å²) in [5.74, 6) is 0.702. The van der Waals surface area contributed by atoms with Crippen LogP contribution >= 0.6 is 0 Å². The molecule has 3 aromatic rings. The molecule has 4 rings (SSSR count). The lowest BCUT2D eigenvalue weighted by atomic mass is 10.1. The maximum absolute atomic E-state index is 12.4. The molecule has 0 bridgehead atoms. The standard InChI is InChI=1S/C24H23N3O2/c1-17(2)29-22-10-8-20(9-11-22)23-13-21(24(28)26-23)12-19-14-25-27(16-19)15-18-6-4-3-5-7-18/h3-14,16-17H,15H2,1-2H3,(H,26,28). The zero-order valence-corrected chi connectivity index (χ0v) is 16.5. The van der Waals surface area contributed by atoms with E-state index in [-0.39, 0.29) is 12.0 Å². The molecule has 1 aliphatic rings. The van der Waals surface area contributed by atoms with Gasteiger partial charge >= 0.3 is 0 Å². The van der Waals surface area contributed by atoms with Gasteiger partial charge in [0, 0.05) is 23.0 Å². The first kappa shape index (κ1) is 18.7. The first-order valence-corrected chi connectivity index (χ1v) is 9.65. The van der Waals surface area contributed by atoms with Crippen LogP contribution in [0.15, 0.2) is 78.6 Å². The Labute approximate surface area is 170 Å². The quantitative estimate of drug-likeness (QED) is 0.645. The smallest absolute Gasteiger partial charge is 0.255 e. The van der Waals surface area contributed by atoms with E-state index >= 15 is 0 Å². The first-order valence-electron chi connectivity index (χ1n) is 9.65. The van der Waals surface area contributed by atoms with E-state index in [4.69, 9.17) is 4.74 Å². The Bertz CT molecular complexity index is 1060. The number of nitrogens with zero attached hydrogens (tertiary/aromatic N) is 2. The second-order valence-electron chi connectivity index (χ2n) is 7.26. The number of ether oxygens (including phenoxy) is 1. The van der Waals surface area contributed by atoms with Gasteiger partial charge in [0.1, 0.15) is 5.75 Å². The van der Waals surface area contributed by atoms with Gasteiger partial charge in [-0.3, -0.25) is 9.48 Å².